The minimum absolute atomic E-state index is 0.993. The second-order valence-corrected chi connectivity index (χ2v) is 16.5. The summed E-state index contributed by atoms with van der Waals surface area (Å²) in [6.45, 7) is 16.2. The molecule has 0 fully saturated rings. The van der Waals surface area contributed by atoms with E-state index in [-0.39, 0.29) is 0 Å². The quantitative estimate of drug-likeness (QED) is 0.0567. The van der Waals surface area contributed by atoms with Gasteiger partial charge in [-0.15, -0.1) is 0 Å². The molecule has 0 N–H and O–H groups in total. The van der Waals surface area contributed by atoms with Crippen LogP contribution in [0.2, 0.25) is 0 Å². The van der Waals surface area contributed by atoms with Crippen LogP contribution in [0, 0.1) is 0 Å². The van der Waals surface area contributed by atoms with Crippen LogP contribution in [0.15, 0.2) is 35.9 Å². The van der Waals surface area contributed by atoms with Crippen molar-refractivity contribution in [1.82, 2.24) is 0 Å². The Balaban J connectivity index is 2.19. The molecule has 1 aliphatic heterocycles. The molecule has 0 aromatic heterocycles. The van der Waals surface area contributed by atoms with Crippen LogP contribution in [0.25, 0.3) is 16.9 Å². The fourth-order valence-corrected chi connectivity index (χ4v) is 8.60. The van der Waals surface area contributed by atoms with Gasteiger partial charge in [-0.2, -0.15) is 0 Å². The first-order valence-electron chi connectivity index (χ1n) is 23.2. The van der Waals surface area contributed by atoms with E-state index in [0.717, 1.165) is 49.9 Å². The second-order valence-electron chi connectivity index (χ2n) is 16.5. The molecule has 2 nitrogen and oxygen atoms in total. The molecule has 296 valence electrons. The Kier molecular flexibility index (Phi) is 22.3. The number of unbranched alkanes of at least 4 members (excludes halogenated alkanes) is 14. The zero-order valence-corrected chi connectivity index (χ0v) is 36.1. The van der Waals surface area contributed by atoms with Crippen molar-refractivity contribution in [2.24, 2.45) is 0 Å². The molecule has 0 amide bonds. The van der Waals surface area contributed by atoms with Crippen LogP contribution < -0.4 is 0 Å². The predicted molar refractivity (Wildman–Crippen MR) is 235 cm³/mol. The summed E-state index contributed by atoms with van der Waals surface area (Å²) in [4.78, 5) is 0. The van der Waals surface area contributed by atoms with Crippen LogP contribution in [0.3, 0.4) is 0 Å². The van der Waals surface area contributed by atoms with Crippen LogP contribution in [-0.4, -0.2) is 4.70 Å². The van der Waals surface area contributed by atoms with Crippen molar-refractivity contribution in [2.75, 3.05) is 0 Å². The van der Waals surface area contributed by atoms with Gasteiger partial charge in [0.05, 0.1) is 0 Å². The highest BCUT2D eigenvalue weighted by Crippen LogP contribution is 2.40. The molecule has 0 radical (unpaired) electrons. The average Bonchev–Trinajstić information content (AvgIpc) is 3.49. The molecule has 0 saturated carbocycles. The summed E-state index contributed by atoms with van der Waals surface area (Å²) in [5.74, 6) is 0. The van der Waals surface area contributed by atoms with Crippen molar-refractivity contribution in [3.05, 3.63) is 86.0 Å². The van der Waals surface area contributed by atoms with Gasteiger partial charge in [-0.3, -0.25) is 0 Å². The van der Waals surface area contributed by atoms with Crippen molar-refractivity contribution >= 4 is 11.4 Å². The van der Waals surface area contributed by atoms with Crippen LogP contribution in [0.5, 0.6) is 0 Å². The number of hydrogen-bond donors (Lipinski definition) is 0. The molecular weight excluding hydrogens is 641 g/mol. The molecule has 2 aromatic carbocycles. The molecule has 2 aromatic rings. The maximum absolute atomic E-state index is 12.5. The zero-order valence-electron chi connectivity index (χ0n) is 36.1. The highest BCUT2D eigenvalue weighted by Gasteiger charge is 2.31. The Hall–Kier alpha value is -2.48. The smallest absolute Gasteiger partial charge is 0.210 e. The third-order valence-electron chi connectivity index (χ3n) is 11.8. The molecule has 0 bridgehead atoms. The van der Waals surface area contributed by atoms with Gasteiger partial charge >= 0.3 is 0 Å². The average molecular weight is 723 g/mol. The summed E-state index contributed by atoms with van der Waals surface area (Å²) in [5, 5.41) is 0. The molecule has 0 aliphatic carbocycles. The maximum atomic E-state index is 12.5. The Morgan fingerprint density at radius 1 is 0.377 bits per heavy atom. The number of rotatable bonds is 30. The lowest BCUT2D eigenvalue weighted by atomic mass is 9.87. The van der Waals surface area contributed by atoms with Crippen molar-refractivity contribution < 1.29 is 4.70 Å². The van der Waals surface area contributed by atoms with Gasteiger partial charge in [0.1, 0.15) is 0 Å². The predicted octanol–water partition coefficient (Wildman–Crippen LogP) is 16.5. The first-order valence-corrected chi connectivity index (χ1v) is 23.2. The van der Waals surface area contributed by atoms with E-state index in [1.807, 2.05) is 0 Å². The van der Waals surface area contributed by atoms with Crippen molar-refractivity contribution in [1.29, 1.82) is 0 Å². The van der Waals surface area contributed by atoms with E-state index in [4.69, 9.17) is 0 Å². The van der Waals surface area contributed by atoms with Crippen molar-refractivity contribution in [2.45, 2.75) is 228 Å². The summed E-state index contributed by atoms with van der Waals surface area (Å²) in [5.41, 5.74) is 27.8. The third kappa shape index (κ3) is 14.3. The van der Waals surface area contributed by atoms with Gasteiger partial charge in [-0.25, -0.2) is 4.70 Å². The van der Waals surface area contributed by atoms with Gasteiger partial charge < -0.3 is 5.53 Å². The Bertz CT molecular complexity index is 1360. The van der Waals surface area contributed by atoms with E-state index in [1.165, 1.54) is 158 Å². The van der Waals surface area contributed by atoms with Gasteiger partial charge in [0.15, 0.2) is 0 Å². The highest BCUT2D eigenvalue weighted by molar-refractivity contribution is 5.79. The Morgan fingerprint density at radius 2 is 0.679 bits per heavy atom. The highest BCUT2D eigenvalue weighted by atomic mass is 15.2. The van der Waals surface area contributed by atoms with Crippen LogP contribution in [0.4, 0.5) is 0 Å². The van der Waals surface area contributed by atoms with Crippen LogP contribution in [-0.2, 0) is 38.5 Å². The number of allylic oxidation sites excluding steroid dienone is 2. The van der Waals surface area contributed by atoms with E-state index in [9.17, 15) is 5.53 Å². The van der Waals surface area contributed by atoms with E-state index >= 15 is 0 Å². The number of hydrogen-bond acceptors (Lipinski definition) is 0. The first kappa shape index (κ1) is 44.9. The standard InChI is InChI=1S/C51H82N2/c1-8-15-22-29-41-36-46(37-42(30-23-16-9-2)48(41)34-27-20-13-6)50-40-45(33-26-19-12-5)51(53(50)52)47-38-43(31-24-17-10-3)49(35-28-21-14-7)44(39-47)32-25-18-11-4/h36-40H,8-35H2,1-7H3. The summed E-state index contributed by atoms with van der Waals surface area (Å²) in [7, 11) is 0. The maximum Gasteiger partial charge on any atom is 0.210 e. The topological polar surface area (TPSA) is 25.3 Å². The Labute approximate surface area is 329 Å². The largest absolute Gasteiger partial charge is 0.493 e. The minimum atomic E-state index is 0.993. The molecule has 1 heterocycles. The lowest BCUT2D eigenvalue weighted by Crippen LogP contribution is -2.09. The van der Waals surface area contributed by atoms with Crippen molar-refractivity contribution in [3.8, 4) is 0 Å². The molecule has 2 heteroatoms. The third-order valence-corrected chi connectivity index (χ3v) is 11.8. The molecular formula is C51H82N2. The van der Waals surface area contributed by atoms with Gasteiger partial charge in [0, 0.05) is 22.8 Å². The van der Waals surface area contributed by atoms with Crippen LogP contribution in [0.1, 0.15) is 234 Å². The van der Waals surface area contributed by atoms with E-state index in [2.05, 4.69) is 78.8 Å². The number of benzene rings is 2. The molecule has 53 heavy (non-hydrogen) atoms. The fraction of sp³-hybridized carbons (Fsp3) is 0.686. The summed E-state index contributed by atoms with van der Waals surface area (Å²) in [6, 6.07) is 10.0. The molecule has 0 atom stereocenters. The SMILES string of the molecule is CCCCCC1=C(c2cc(CCCCC)c(CCCCC)c(CCCCC)c2)[N+](=[N-])C(c2cc(CCCCC)c(CCCCC)c(CCCCC)c2)=C1. The molecule has 0 saturated heterocycles. The lowest BCUT2D eigenvalue weighted by Gasteiger charge is -2.20. The molecule has 0 unspecified atom stereocenters. The Morgan fingerprint density at radius 3 is 1.02 bits per heavy atom. The van der Waals surface area contributed by atoms with Gasteiger partial charge in [-0.05, 0) is 148 Å². The number of aryl methyl sites for hydroxylation is 4. The monoisotopic (exact) mass is 723 g/mol. The van der Waals surface area contributed by atoms with E-state index in [0.29, 0.717) is 0 Å². The molecule has 0 spiro atoms. The van der Waals surface area contributed by atoms with Gasteiger partial charge in [-0.1, -0.05) is 138 Å². The summed E-state index contributed by atoms with van der Waals surface area (Å²) >= 11 is 0. The minimum Gasteiger partial charge on any atom is -0.493 e. The van der Waals surface area contributed by atoms with E-state index < -0.39 is 0 Å². The van der Waals surface area contributed by atoms with Gasteiger partial charge in [0.25, 0.3) is 0 Å². The normalized spacial score (nSPS) is 13.1. The zero-order chi connectivity index (χ0) is 38.3. The lowest BCUT2D eigenvalue weighted by molar-refractivity contribution is -0.344. The number of nitrogens with zero attached hydrogens (tertiary/aromatic N) is 2. The van der Waals surface area contributed by atoms with Crippen molar-refractivity contribution in [3.63, 3.8) is 0 Å². The second kappa shape index (κ2) is 26.3. The first-order chi connectivity index (χ1) is 26.0. The van der Waals surface area contributed by atoms with Gasteiger partial charge in [0.2, 0.25) is 11.4 Å². The van der Waals surface area contributed by atoms with Crippen LogP contribution >= 0.6 is 0 Å². The molecule has 1 aliphatic rings. The van der Waals surface area contributed by atoms with E-state index in [1.54, 1.807) is 38.1 Å². The summed E-state index contributed by atoms with van der Waals surface area (Å²) in [6.07, 6.45) is 36.7. The summed E-state index contributed by atoms with van der Waals surface area (Å²) < 4.78 is 1.64. The fourth-order valence-electron chi connectivity index (χ4n) is 8.60. The molecule has 3 rings (SSSR count).